The number of nitrogens with zero attached hydrogens (tertiary/aromatic N) is 1. The van der Waals surface area contributed by atoms with Crippen molar-refractivity contribution in [3.8, 4) is 16.3 Å². The molecule has 0 atom stereocenters. The highest BCUT2D eigenvalue weighted by molar-refractivity contribution is 7.13. The normalized spacial score (nSPS) is 11.2. The monoisotopic (exact) mass is 362 g/mol. The maximum absolute atomic E-state index is 12.1. The third kappa shape index (κ3) is 5.03. The molecule has 1 aromatic carbocycles. The van der Waals surface area contributed by atoms with Crippen LogP contribution in [0.4, 0.5) is 0 Å². The number of aromatic nitrogens is 1. The van der Waals surface area contributed by atoms with Crippen LogP contribution in [0.25, 0.3) is 10.6 Å². The largest absolute Gasteiger partial charge is 0.494 e. The molecule has 0 radical (unpaired) electrons. The number of carboxylic acid groups (broad SMARTS) is 1. The van der Waals surface area contributed by atoms with Gasteiger partial charge in [-0.25, -0.2) is 4.98 Å². The average molecular weight is 362 g/mol. The molecular formula is C18H22N2O4S. The number of hydrogen-bond acceptors (Lipinski definition) is 5. The van der Waals surface area contributed by atoms with Crippen molar-refractivity contribution in [3.05, 3.63) is 35.3 Å². The van der Waals surface area contributed by atoms with Crippen LogP contribution in [0.15, 0.2) is 29.6 Å². The van der Waals surface area contributed by atoms with E-state index in [-0.39, 0.29) is 12.5 Å². The minimum Gasteiger partial charge on any atom is -0.494 e. The SMILES string of the molecule is CCOc1ccc(-c2nc(C(=O)NCCC(C)(C)C(=O)O)cs2)cc1. The van der Waals surface area contributed by atoms with Crippen LogP contribution in [0.1, 0.15) is 37.7 Å². The summed E-state index contributed by atoms with van der Waals surface area (Å²) in [5.41, 5.74) is 0.379. The number of ether oxygens (including phenoxy) is 1. The van der Waals surface area contributed by atoms with Crippen LogP contribution in [0, 0.1) is 5.41 Å². The standard InChI is InChI=1S/C18H22N2O4S/c1-4-24-13-7-5-12(6-8-13)16-20-14(11-25-16)15(21)19-10-9-18(2,3)17(22)23/h5-8,11H,4,9-10H2,1-3H3,(H,19,21)(H,22,23). The van der Waals surface area contributed by atoms with Crippen molar-refractivity contribution in [2.24, 2.45) is 5.41 Å². The smallest absolute Gasteiger partial charge is 0.309 e. The molecule has 0 bridgehead atoms. The summed E-state index contributed by atoms with van der Waals surface area (Å²) in [6.45, 7) is 6.09. The van der Waals surface area contributed by atoms with Gasteiger partial charge in [0.15, 0.2) is 0 Å². The third-order valence-electron chi connectivity index (χ3n) is 3.76. The van der Waals surface area contributed by atoms with E-state index < -0.39 is 11.4 Å². The van der Waals surface area contributed by atoms with E-state index in [1.54, 1.807) is 19.2 Å². The lowest BCUT2D eigenvalue weighted by Gasteiger charge is -2.18. The number of amides is 1. The van der Waals surface area contributed by atoms with Crippen LogP contribution < -0.4 is 10.1 Å². The number of thiazole rings is 1. The van der Waals surface area contributed by atoms with Crippen LogP contribution in [0.5, 0.6) is 5.75 Å². The molecule has 1 aromatic heterocycles. The van der Waals surface area contributed by atoms with Crippen molar-refractivity contribution in [3.63, 3.8) is 0 Å². The zero-order valence-electron chi connectivity index (χ0n) is 14.5. The molecule has 0 spiro atoms. The first kappa shape index (κ1) is 18.9. The summed E-state index contributed by atoms with van der Waals surface area (Å²) in [6.07, 6.45) is 0.351. The van der Waals surface area contributed by atoms with Gasteiger partial charge in [0, 0.05) is 17.5 Å². The van der Waals surface area contributed by atoms with Crippen LogP contribution in [-0.2, 0) is 4.79 Å². The fourth-order valence-corrected chi connectivity index (χ4v) is 2.86. The Labute approximate surface area is 150 Å². The Kier molecular flexibility index (Phi) is 6.14. The Morgan fingerprint density at radius 3 is 2.56 bits per heavy atom. The van der Waals surface area contributed by atoms with Crippen molar-refractivity contribution in [2.75, 3.05) is 13.2 Å². The lowest BCUT2D eigenvalue weighted by atomic mass is 9.90. The summed E-state index contributed by atoms with van der Waals surface area (Å²) in [6, 6.07) is 7.55. The molecule has 0 aliphatic rings. The first-order chi connectivity index (χ1) is 11.8. The maximum atomic E-state index is 12.1. The number of aliphatic carboxylic acids is 1. The van der Waals surface area contributed by atoms with Gasteiger partial charge in [-0.05, 0) is 51.5 Å². The quantitative estimate of drug-likeness (QED) is 0.751. The molecule has 1 heterocycles. The minimum absolute atomic E-state index is 0.286. The molecule has 0 unspecified atom stereocenters. The van der Waals surface area contributed by atoms with Crippen molar-refractivity contribution in [1.29, 1.82) is 0 Å². The lowest BCUT2D eigenvalue weighted by Crippen LogP contribution is -2.32. The maximum Gasteiger partial charge on any atom is 0.309 e. The van der Waals surface area contributed by atoms with Gasteiger partial charge in [0.25, 0.3) is 5.91 Å². The average Bonchev–Trinajstić information content (AvgIpc) is 3.05. The summed E-state index contributed by atoms with van der Waals surface area (Å²) < 4.78 is 5.41. The number of carboxylic acids is 1. The van der Waals surface area contributed by atoms with Gasteiger partial charge in [0.05, 0.1) is 12.0 Å². The van der Waals surface area contributed by atoms with Gasteiger partial charge >= 0.3 is 5.97 Å². The van der Waals surface area contributed by atoms with E-state index in [1.807, 2.05) is 31.2 Å². The van der Waals surface area contributed by atoms with Gasteiger partial charge in [0.1, 0.15) is 16.5 Å². The van der Waals surface area contributed by atoms with Gasteiger partial charge in [-0.15, -0.1) is 11.3 Å². The summed E-state index contributed by atoms with van der Waals surface area (Å²) in [5.74, 6) is -0.385. The number of carbonyl (C=O) groups is 2. The van der Waals surface area contributed by atoms with E-state index in [2.05, 4.69) is 10.3 Å². The second kappa shape index (κ2) is 8.11. The fourth-order valence-electron chi connectivity index (χ4n) is 2.06. The molecule has 6 nitrogen and oxygen atoms in total. The second-order valence-electron chi connectivity index (χ2n) is 6.19. The van der Waals surface area contributed by atoms with E-state index in [0.29, 0.717) is 18.7 Å². The van der Waals surface area contributed by atoms with Gasteiger partial charge in [0.2, 0.25) is 0 Å². The number of benzene rings is 1. The molecule has 134 valence electrons. The van der Waals surface area contributed by atoms with Crippen LogP contribution in [0.3, 0.4) is 0 Å². The first-order valence-corrected chi connectivity index (χ1v) is 8.92. The van der Waals surface area contributed by atoms with Gasteiger partial charge in [-0.3, -0.25) is 9.59 Å². The third-order valence-corrected chi connectivity index (χ3v) is 4.65. The van der Waals surface area contributed by atoms with E-state index >= 15 is 0 Å². The van der Waals surface area contributed by atoms with E-state index in [1.165, 1.54) is 11.3 Å². The molecule has 2 aromatic rings. The summed E-state index contributed by atoms with van der Waals surface area (Å²) in [5, 5.41) is 14.2. The molecule has 1 amide bonds. The highest BCUT2D eigenvalue weighted by Gasteiger charge is 2.26. The molecule has 2 rings (SSSR count). The molecule has 7 heteroatoms. The fraction of sp³-hybridized carbons (Fsp3) is 0.389. The van der Waals surface area contributed by atoms with Gasteiger partial charge < -0.3 is 15.2 Å². The van der Waals surface area contributed by atoms with E-state index in [0.717, 1.165) is 16.3 Å². The van der Waals surface area contributed by atoms with E-state index in [4.69, 9.17) is 9.84 Å². The first-order valence-electron chi connectivity index (χ1n) is 8.04. The van der Waals surface area contributed by atoms with Crippen LogP contribution in [-0.4, -0.2) is 35.1 Å². The highest BCUT2D eigenvalue weighted by Crippen LogP contribution is 2.26. The molecule has 2 N–H and O–H groups in total. The van der Waals surface area contributed by atoms with Crippen LogP contribution in [0.2, 0.25) is 0 Å². The lowest BCUT2D eigenvalue weighted by molar-refractivity contribution is -0.147. The predicted molar refractivity (Wildman–Crippen MR) is 97.1 cm³/mol. The summed E-state index contributed by atoms with van der Waals surface area (Å²) in [4.78, 5) is 27.6. The molecule has 0 aliphatic heterocycles. The topological polar surface area (TPSA) is 88.5 Å². The van der Waals surface area contributed by atoms with Gasteiger partial charge in [-0.1, -0.05) is 0 Å². The summed E-state index contributed by atoms with van der Waals surface area (Å²) in [7, 11) is 0. The molecular weight excluding hydrogens is 340 g/mol. The Balaban J connectivity index is 1.96. The number of carbonyl (C=O) groups excluding carboxylic acids is 1. The molecule has 0 saturated carbocycles. The van der Waals surface area contributed by atoms with Crippen molar-refractivity contribution in [2.45, 2.75) is 27.2 Å². The highest BCUT2D eigenvalue weighted by atomic mass is 32.1. The van der Waals surface area contributed by atoms with Gasteiger partial charge in [-0.2, -0.15) is 0 Å². The van der Waals surface area contributed by atoms with Crippen molar-refractivity contribution in [1.82, 2.24) is 10.3 Å². The van der Waals surface area contributed by atoms with E-state index in [9.17, 15) is 9.59 Å². The Morgan fingerprint density at radius 1 is 1.28 bits per heavy atom. The Bertz CT molecular complexity index is 738. The molecule has 0 fully saturated rings. The second-order valence-corrected chi connectivity index (χ2v) is 7.05. The zero-order valence-corrected chi connectivity index (χ0v) is 15.4. The molecule has 0 saturated heterocycles. The number of hydrogen-bond donors (Lipinski definition) is 2. The number of rotatable bonds is 8. The molecule has 25 heavy (non-hydrogen) atoms. The Hall–Kier alpha value is -2.41. The summed E-state index contributed by atoms with van der Waals surface area (Å²) >= 11 is 1.39. The van der Waals surface area contributed by atoms with Crippen molar-refractivity contribution < 1.29 is 19.4 Å². The predicted octanol–water partition coefficient (Wildman–Crippen LogP) is 3.44. The van der Waals surface area contributed by atoms with Crippen molar-refractivity contribution >= 4 is 23.2 Å². The Morgan fingerprint density at radius 2 is 1.96 bits per heavy atom. The molecule has 0 aliphatic carbocycles. The number of nitrogens with one attached hydrogen (secondary N) is 1. The minimum atomic E-state index is -0.881. The van der Waals surface area contributed by atoms with Crippen LogP contribution >= 0.6 is 11.3 Å². The zero-order chi connectivity index (χ0) is 18.4.